The lowest BCUT2D eigenvalue weighted by Crippen LogP contribution is -1.97. The molecule has 3 heteroatoms. The van der Waals surface area contributed by atoms with E-state index in [0.29, 0.717) is 0 Å². The zero-order valence-corrected chi connectivity index (χ0v) is 13.2. The Kier molecular flexibility index (Phi) is 3.19. The van der Waals surface area contributed by atoms with Crippen molar-refractivity contribution in [2.75, 3.05) is 5.32 Å². The number of fused-ring (bicyclic) bond motifs is 2. The summed E-state index contributed by atoms with van der Waals surface area (Å²) in [6.45, 7) is 4.22. The van der Waals surface area contributed by atoms with E-state index in [4.69, 9.17) is 0 Å². The fourth-order valence-corrected chi connectivity index (χ4v) is 2.82. The molecule has 3 aromatic carbocycles. The van der Waals surface area contributed by atoms with Crippen molar-refractivity contribution in [3.05, 3.63) is 72.1 Å². The molecule has 0 aliphatic carbocycles. The molecule has 1 aromatic heterocycles. The van der Waals surface area contributed by atoms with E-state index in [1.54, 1.807) is 6.33 Å². The van der Waals surface area contributed by atoms with E-state index in [1.807, 2.05) is 0 Å². The maximum absolute atomic E-state index is 4.43. The van der Waals surface area contributed by atoms with Crippen LogP contribution >= 0.6 is 0 Å². The first-order chi connectivity index (χ1) is 11.2. The van der Waals surface area contributed by atoms with Crippen molar-refractivity contribution in [2.45, 2.75) is 13.8 Å². The fraction of sp³-hybridized carbons (Fsp3) is 0.100. The van der Waals surface area contributed by atoms with Crippen LogP contribution in [0, 0.1) is 13.8 Å². The van der Waals surface area contributed by atoms with Crippen LogP contribution in [0.25, 0.3) is 21.7 Å². The van der Waals surface area contributed by atoms with Crippen LogP contribution in [0.5, 0.6) is 0 Å². The predicted octanol–water partition coefficient (Wildman–Crippen LogP) is 5.14. The molecule has 0 saturated heterocycles. The molecule has 0 saturated carbocycles. The number of nitrogens with zero attached hydrogens (tertiary/aromatic N) is 2. The second kappa shape index (κ2) is 5.36. The van der Waals surface area contributed by atoms with Crippen LogP contribution in [0.3, 0.4) is 0 Å². The molecule has 0 amide bonds. The molecule has 3 nitrogen and oxygen atoms in total. The first kappa shape index (κ1) is 13.7. The topological polar surface area (TPSA) is 37.8 Å². The van der Waals surface area contributed by atoms with E-state index in [2.05, 4.69) is 83.7 Å². The minimum absolute atomic E-state index is 0.841. The third-order valence-corrected chi connectivity index (χ3v) is 4.26. The van der Waals surface area contributed by atoms with Gasteiger partial charge in [0.2, 0.25) is 0 Å². The predicted molar refractivity (Wildman–Crippen MR) is 96.2 cm³/mol. The Hall–Kier alpha value is -2.94. The minimum atomic E-state index is 0.841. The Balaban J connectivity index is 1.80. The van der Waals surface area contributed by atoms with Gasteiger partial charge < -0.3 is 5.32 Å². The second-order valence-electron chi connectivity index (χ2n) is 5.86. The molecular weight excluding hydrogens is 282 g/mol. The normalized spacial score (nSPS) is 11.0. The SMILES string of the molecule is Cc1cc2ncnc(Nc3ccc4ccccc4c3)c2cc1C. The average Bonchev–Trinajstić information content (AvgIpc) is 2.56. The molecule has 23 heavy (non-hydrogen) atoms. The van der Waals surface area contributed by atoms with Crippen molar-refractivity contribution in [2.24, 2.45) is 0 Å². The lowest BCUT2D eigenvalue weighted by atomic mass is 10.1. The number of rotatable bonds is 2. The summed E-state index contributed by atoms with van der Waals surface area (Å²) >= 11 is 0. The molecule has 0 fully saturated rings. The Bertz CT molecular complexity index is 1020. The van der Waals surface area contributed by atoms with Gasteiger partial charge in [-0.1, -0.05) is 30.3 Å². The second-order valence-corrected chi connectivity index (χ2v) is 5.86. The van der Waals surface area contributed by atoms with Crippen molar-refractivity contribution in [1.29, 1.82) is 0 Å². The number of anilines is 2. The van der Waals surface area contributed by atoms with Gasteiger partial charge >= 0.3 is 0 Å². The molecule has 4 aromatic rings. The van der Waals surface area contributed by atoms with Gasteiger partial charge in [0.1, 0.15) is 12.1 Å². The molecule has 0 radical (unpaired) electrons. The van der Waals surface area contributed by atoms with Crippen molar-refractivity contribution in [3.8, 4) is 0 Å². The number of benzene rings is 3. The summed E-state index contributed by atoms with van der Waals surface area (Å²) in [6.07, 6.45) is 1.61. The summed E-state index contributed by atoms with van der Waals surface area (Å²) in [7, 11) is 0. The highest BCUT2D eigenvalue weighted by Gasteiger charge is 2.06. The monoisotopic (exact) mass is 299 g/mol. The third kappa shape index (κ3) is 2.50. The highest BCUT2D eigenvalue weighted by atomic mass is 15.0. The number of hydrogen-bond donors (Lipinski definition) is 1. The van der Waals surface area contributed by atoms with Gasteiger partial charge in [-0.05, 0) is 60.0 Å². The van der Waals surface area contributed by atoms with Gasteiger partial charge in [-0.3, -0.25) is 0 Å². The first-order valence-corrected chi connectivity index (χ1v) is 7.68. The molecule has 0 aliphatic heterocycles. The molecule has 1 N–H and O–H groups in total. The molecule has 4 rings (SSSR count). The van der Waals surface area contributed by atoms with Gasteiger partial charge in [0.05, 0.1) is 5.52 Å². The van der Waals surface area contributed by atoms with Crippen LogP contribution < -0.4 is 5.32 Å². The van der Waals surface area contributed by atoms with E-state index in [-0.39, 0.29) is 0 Å². The Morgan fingerprint density at radius 1 is 0.783 bits per heavy atom. The lowest BCUT2D eigenvalue weighted by Gasteiger charge is -2.11. The van der Waals surface area contributed by atoms with Gasteiger partial charge in [-0.15, -0.1) is 0 Å². The molecule has 0 aliphatic rings. The first-order valence-electron chi connectivity index (χ1n) is 7.68. The quantitative estimate of drug-likeness (QED) is 0.556. The van der Waals surface area contributed by atoms with Crippen molar-refractivity contribution >= 4 is 33.2 Å². The zero-order valence-electron chi connectivity index (χ0n) is 13.2. The van der Waals surface area contributed by atoms with Gasteiger partial charge in [0, 0.05) is 11.1 Å². The highest BCUT2D eigenvalue weighted by molar-refractivity contribution is 5.93. The number of aryl methyl sites for hydroxylation is 2. The Morgan fingerprint density at radius 3 is 2.43 bits per heavy atom. The summed E-state index contributed by atoms with van der Waals surface area (Å²) in [5, 5.41) is 6.92. The van der Waals surface area contributed by atoms with Gasteiger partial charge in [-0.25, -0.2) is 9.97 Å². The van der Waals surface area contributed by atoms with Crippen LogP contribution in [0.4, 0.5) is 11.5 Å². The number of aromatic nitrogens is 2. The molecule has 0 bridgehead atoms. The van der Waals surface area contributed by atoms with E-state index in [1.165, 1.54) is 21.9 Å². The van der Waals surface area contributed by atoms with E-state index < -0.39 is 0 Å². The summed E-state index contributed by atoms with van der Waals surface area (Å²) < 4.78 is 0. The van der Waals surface area contributed by atoms with Crippen LogP contribution in [0.2, 0.25) is 0 Å². The number of hydrogen-bond acceptors (Lipinski definition) is 3. The van der Waals surface area contributed by atoms with Gasteiger partial charge in [0.15, 0.2) is 0 Å². The lowest BCUT2D eigenvalue weighted by molar-refractivity contribution is 1.21. The van der Waals surface area contributed by atoms with E-state index in [0.717, 1.165) is 22.4 Å². The molecule has 0 unspecified atom stereocenters. The van der Waals surface area contributed by atoms with Crippen LogP contribution in [-0.4, -0.2) is 9.97 Å². The van der Waals surface area contributed by atoms with Crippen LogP contribution in [0.15, 0.2) is 60.9 Å². The fourth-order valence-electron chi connectivity index (χ4n) is 2.82. The Labute approximate surface area is 135 Å². The summed E-state index contributed by atoms with van der Waals surface area (Å²) in [6, 6.07) is 18.9. The summed E-state index contributed by atoms with van der Waals surface area (Å²) in [4.78, 5) is 8.82. The molecule has 0 atom stereocenters. The van der Waals surface area contributed by atoms with Crippen molar-refractivity contribution < 1.29 is 0 Å². The number of nitrogens with one attached hydrogen (secondary N) is 1. The zero-order chi connectivity index (χ0) is 15.8. The van der Waals surface area contributed by atoms with Crippen LogP contribution in [0.1, 0.15) is 11.1 Å². The van der Waals surface area contributed by atoms with Gasteiger partial charge in [0.25, 0.3) is 0 Å². The molecule has 112 valence electrons. The van der Waals surface area contributed by atoms with E-state index in [9.17, 15) is 0 Å². The maximum atomic E-state index is 4.43. The maximum Gasteiger partial charge on any atom is 0.141 e. The molecule has 1 heterocycles. The van der Waals surface area contributed by atoms with Gasteiger partial charge in [-0.2, -0.15) is 0 Å². The van der Waals surface area contributed by atoms with Crippen molar-refractivity contribution in [3.63, 3.8) is 0 Å². The van der Waals surface area contributed by atoms with Crippen LogP contribution in [-0.2, 0) is 0 Å². The molecule has 0 spiro atoms. The standard InChI is InChI=1S/C20H17N3/c1-13-9-18-19(10-14(13)2)21-12-22-20(18)23-17-8-7-15-5-3-4-6-16(15)11-17/h3-12H,1-2H3,(H,21,22,23). The smallest absolute Gasteiger partial charge is 0.141 e. The highest BCUT2D eigenvalue weighted by Crippen LogP contribution is 2.27. The Morgan fingerprint density at radius 2 is 1.57 bits per heavy atom. The summed E-state index contributed by atoms with van der Waals surface area (Å²) in [5.74, 6) is 0.841. The minimum Gasteiger partial charge on any atom is -0.340 e. The summed E-state index contributed by atoms with van der Waals surface area (Å²) in [5.41, 5.74) is 4.48. The molecular formula is C20H17N3. The largest absolute Gasteiger partial charge is 0.340 e. The average molecular weight is 299 g/mol. The third-order valence-electron chi connectivity index (χ3n) is 4.26. The van der Waals surface area contributed by atoms with Crippen molar-refractivity contribution in [1.82, 2.24) is 9.97 Å². The van der Waals surface area contributed by atoms with E-state index >= 15 is 0 Å².